The second-order valence-corrected chi connectivity index (χ2v) is 12.1. The molecule has 2 aromatic heterocycles. The topological polar surface area (TPSA) is 134 Å². The molecule has 1 spiro atoms. The molecule has 3 aliphatic rings. The molecule has 1 aliphatic heterocycles. The number of rotatable bonds is 5. The summed E-state index contributed by atoms with van der Waals surface area (Å²) in [4.78, 5) is 26.6. The Morgan fingerprint density at radius 2 is 1.95 bits per heavy atom. The van der Waals surface area contributed by atoms with Gasteiger partial charge in [0.1, 0.15) is 28.5 Å². The van der Waals surface area contributed by atoms with Gasteiger partial charge < -0.3 is 21.1 Å². The lowest BCUT2D eigenvalue weighted by Crippen LogP contribution is -2.42. The SMILES string of the molecule is CC(C)(C)OC(=O)N1CC2[C@@H]3[C@H](n4nc(-c5cnn(Cc6cccc(C(F)(F)F)c6F)c5)c(C(N)=O)c4N)C[C@]23C1. The van der Waals surface area contributed by atoms with Crippen LogP contribution < -0.4 is 11.5 Å². The second kappa shape index (κ2) is 8.70. The van der Waals surface area contributed by atoms with Crippen LogP contribution in [-0.4, -0.2) is 55.2 Å². The van der Waals surface area contributed by atoms with E-state index in [0.717, 1.165) is 12.5 Å². The molecule has 4 N–H and O–H groups in total. The van der Waals surface area contributed by atoms with Crippen molar-refractivity contribution < 1.29 is 31.9 Å². The lowest BCUT2D eigenvalue weighted by Gasteiger charge is -2.37. The van der Waals surface area contributed by atoms with Gasteiger partial charge in [-0.15, -0.1) is 0 Å². The summed E-state index contributed by atoms with van der Waals surface area (Å²) < 4.78 is 62.3. The van der Waals surface area contributed by atoms with E-state index in [-0.39, 0.29) is 58.6 Å². The van der Waals surface area contributed by atoms with Crippen molar-refractivity contribution >= 4 is 17.8 Å². The number of ether oxygens (including phenoxy) is 1. The van der Waals surface area contributed by atoms with Crippen molar-refractivity contribution in [2.75, 3.05) is 18.8 Å². The summed E-state index contributed by atoms with van der Waals surface area (Å²) >= 11 is 0. The predicted molar refractivity (Wildman–Crippen MR) is 138 cm³/mol. The van der Waals surface area contributed by atoms with Crippen LogP contribution in [0.25, 0.3) is 11.3 Å². The normalized spacial score (nSPS) is 25.0. The molecule has 2 saturated carbocycles. The van der Waals surface area contributed by atoms with Gasteiger partial charge in [0, 0.05) is 35.8 Å². The number of hydrogen-bond donors (Lipinski definition) is 2. The number of primary amides is 1. The molecule has 1 saturated heterocycles. The van der Waals surface area contributed by atoms with Gasteiger partial charge in [0.15, 0.2) is 0 Å². The molecule has 0 bridgehead atoms. The summed E-state index contributed by atoms with van der Waals surface area (Å²) in [5, 5.41) is 8.76. The molecule has 3 fully saturated rings. The first-order valence-electron chi connectivity index (χ1n) is 13.1. The maximum absolute atomic E-state index is 14.5. The minimum Gasteiger partial charge on any atom is -0.444 e. The van der Waals surface area contributed by atoms with Crippen molar-refractivity contribution in [1.82, 2.24) is 24.5 Å². The Hall–Kier alpha value is -4.10. The van der Waals surface area contributed by atoms with Gasteiger partial charge in [-0.3, -0.25) is 9.48 Å². The van der Waals surface area contributed by atoms with Crippen LogP contribution >= 0.6 is 0 Å². The molecule has 3 heterocycles. The monoisotopic (exact) mass is 575 g/mol. The van der Waals surface area contributed by atoms with Crippen molar-refractivity contribution in [3.63, 3.8) is 0 Å². The minimum absolute atomic E-state index is 0.0111. The Morgan fingerprint density at radius 3 is 2.59 bits per heavy atom. The maximum atomic E-state index is 14.5. The number of hydrogen-bond acceptors (Lipinski definition) is 6. The van der Waals surface area contributed by atoms with Gasteiger partial charge in [0.25, 0.3) is 5.91 Å². The van der Waals surface area contributed by atoms with Crippen LogP contribution in [0.1, 0.15) is 54.7 Å². The van der Waals surface area contributed by atoms with E-state index < -0.39 is 29.1 Å². The van der Waals surface area contributed by atoms with Crippen molar-refractivity contribution in [2.24, 2.45) is 23.0 Å². The fourth-order valence-corrected chi connectivity index (χ4v) is 6.66. The quantitative estimate of drug-likeness (QED) is 0.441. The highest BCUT2D eigenvalue weighted by molar-refractivity contribution is 6.03. The molecule has 2 amide bonds. The van der Waals surface area contributed by atoms with Gasteiger partial charge >= 0.3 is 12.3 Å². The smallest absolute Gasteiger partial charge is 0.419 e. The van der Waals surface area contributed by atoms with Crippen LogP contribution in [0.15, 0.2) is 30.6 Å². The highest BCUT2D eigenvalue weighted by Gasteiger charge is 2.79. The minimum atomic E-state index is -4.83. The Labute approximate surface area is 232 Å². The third kappa shape index (κ3) is 4.30. The number of fused-ring (bicyclic) bond motifs is 1. The van der Waals surface area contributed by atoms with Crippen molar-refractivity contribution in [3.8, 4) is 11.3 Å². The highest BCUT2D eigenvalue weighted by atomic mass is 19.4. The summed E-state index contributed by atoms with van der Waals surface area (Å²) in [6, 6.07) is 2.97. The van der Waals surface area contributed by atoms with E-state index in [1.165, 1.54) is 23.1 Å². The molecule has 14 heteroatoms. The molecule has 1 aromatic carbocycles. The number of benzene rings is 1. The third-order valence-corrected chi connectivity index (χ3v) is 8.42. The first-order valence-corrected chi connectivity index (χ1v) is 13.1. The lowest BCUT2D eigenvalue weighted by molar-refractivity contribution is -0.140. The number of nitrogens with zero attached hydrogens (tertiary/aromatic N) is 5. The van der Waals surface area contributed by atoms with Crippen molar-refractivity contribution in [1.29, 1.82) is 0 Å². The van der Waals surface area contributed by atoms with E-state index in [4.69, 9.17) is 16.2 Å². The van der Waals surface area contributed by atoms with E-state index in [2.05, 4.69) is 10.2 Å². The van der Waals surface area contributed by atoms with E-state index in [0.29, 0.717) is 24.7 Å². The van der Waals surface area contributed by atoms with Crippen LogP contribution in [0.3, 0.4) is 0 Å². The molecule has 41 heavy (non-hydrogen) atoms. The van der Waals surface area contributed by atoms with Gasteiger partial charge in [0.2, 0.25) is 0 Å². The number of nitrogens with two attached hydrogens (primary N) is 2. The Balaban J connectivity index is 1.21. The number of anilines is 1. The van der Waals surface area contributed by atoms with Crippen LogP contribution in [0.2, 0.25) is 0 Å². The van der Waals surface area contributed by atoms with Crippen LogP contribution in [0.5, 0.6) is 0 Å². The van der Waals surface area contributed by atoms with Gasteiger partial charge in [-0.2, -0.15) is 23.4 Å². The predicted octanol–water partition coefficient (Wildman–Crippen LogP) is 4.06. The number of halogens is 4. The number of alkyl halides is 3. The number of carbonyl (C=O) groups excluding carboxylic acids is 2. The Kier molecular flexibility index (Phi) is 5.75. The average Bonchev–Trinajstić information content (AvgIpc) is 3.34. The number of amides is 2. The first kappa shape index (κ1) is 27.1. The van der Waals surface area contributed by atoms with Crippen LogP contribution in [-0.2, 0) is 17.5 Å². The van der Waals surface area contributed by atoms with E-state index in [9.17, 15) is 27.2 Å². The summed E-state index contributed by atoms with van der Waals surface area (Å²) in [6.45, 7) is 6.35. The van der Waals surface area contributed by atoms with Crippen LogP contribution in [0.4, 0.5) is 28.2 Å². The molecule has 10 nitrogen and oxygen atoms in total. The summed E-state index contributed by atoms with van der Waals surface area (Å²) in [5.74, 6) is -1.54. The Morgan fingerprint density at radius 1 is 1.22 bits per heavy atom. The standard InChI is InChI=1S/C27H29F4N7O3/c1-25(2,3)41-24(40)36-11-16-19-17(7-26(16,19)12-36)38-22(32)18(23(33)39)21(35-38)14-8-34-37(10-14)9-13-5-4-6-15(20(13)28)27(29,30)31/h4-6,8,10,16-17,19H,7,9,11-12,32H2,1-3H3,(H2,33,39)/t16?,17-,19-,26+/m1/s1. The van der Waals surface area contributed by atoms with Gasteiger partial charge in [-0.1, -0.05) is 12.1 Å². The zero-order valence-electron chi connectivity index (χ0n) is 22.6. The molecule has 218 valence electrons. The third-order valence-electron chi connectivity index (χ3n) is 8.42. The molecular weight excluding hydrogens is 546 g/mol. The van der Waals surface area contributed by atoms with E-state index in [1.54, 1.807) is 9.58 Å². The zero-order chi connectivity index (χ0) is 29.6. The number of nitrogen functional groups attached to an aromatic ring is 1. The first-order chi connectivity index (χ1) is 19.1. The fourth-order valence-electron chi connectivity index (χ4n) is 6.66. The molecule has 6 rings (SSSR count). The van der Waals surface area contributed by atoms with Gasteiger partial charge in [-0.25, -0.2) is 13.9 Å². The number of piperidine rings is 1. The fraction of sp³-hybridized carbons (Fsp3) is 0.481. The zero-order valence-corrected chi connectivity index (χ0v) is 22.6. The van der Waals surface area contributed by atoms with Gasteiger partial charge in [0.05, 0.1) is 24.3 Å². The summed E-state index contributed by atoms with van der Waals surface area (Å²) in [6.07, 6.45) is -1.62. The number of likely N-dealkylation sites (tertiary alicyclic amines) is 1. The summed E-state index contributed by atoms with van der Waals surface area (Å²) in [7, 11) is 0. The van der Waals surface area contributed by atoms with Gasteiger partial charge in [-0.05, 0) is 45.1 Å². The molecule has 2 aliphatic carbocycles. The average molecular weight is 576 g/mol. The molecule has 3 aromatic rings. The highest BCUT2D eigenvalue weighted by Crippen LogP contribution is 2.79. The Bertz CT molecular complexity index is 1570. The number of carbonyl (C=O) groups is 2. The molecular formula is C27H29F4N7O3. The van der Waals surface area contributed by atoms with Crippen molar-refractivity contribution in [3.05, 3.63) is 53.1 Å². The van der Waals surface area contributed by atoms with E-state index in [1.807, 2.05) is 20.8 Å². The lowest BCUT2D eigenvalue weighted by atomic mass is 9.80. The van der Waals surface area contributed by atoms with E-state index >= 15 is 0 Å². The summed E-state index contributed by atoms with van der Waals surface area (Å²) in [5.41, 5.74) is 10.4. The second-order valence-electron chi connectivity index (χ2n) is 12.1. The number of aromatic nitrogens is 4. The molecule has 1 unspecified atom stereocenters. The maximum Gasteiger partial charge on any atom is 0.419 e. The largest absolute Gasteiger partial charge is 0.444 e. The molecule has 0 radical (unpaired) electrons. The van der Waals surface area contributed by atoms with Crippen LogP contribution in [0, 0.1) is 23.1 Å². The van der Waals surface area contributed by atoms with Crippen molar-refractivity contribution in [2.45, 2.75) is 51.6 Å². The molecule has 4 atom stereocenters.